The zero-order valence-electron chi connectivity index (χ0n) is 11.3. The van der Waals surface area contributed by atoms with E-state index >= 15 is 0 Å². The molecule has 5 nitrogen and oxygen atoms in total. The Morgan fingerprint density at radius 2 is 2.11 bits per heavy atom. The van der Waals surface area contributed by atoms with Crippen LogP contribution in [0.15, 0.2) is 18.3 Å². The summed E-state index contributed by atoms with van der Waals surface area (Å²) in [6.07, 6.45) is 2.83. The molecule has 0 spiro atoms. The van der Waals surface area contributed by atoms with Gasteiger partial charge in [-0.2, -0.15) is 0 Å². The first kappa shape index (κ1) is 14.3. The van der Waals surface area contributed by atoms with Crippen LogP contribution in [0, 0.1) is 0 Å². The van der Waals surface area contributed by atoms with Crippen molar-refractivity contribution in [2.75, 3.05) is 36.5 Å². The van der Waals surface area contributed by atoms with E-state index in [0.29, 0.717) is 13.1 Å². The second kappa shape index (κ2) is 6.34. The van der Waals surface area contributed by atoms with Gasteiger partial charge in [-0.15, -0.1) is 0 Å². The number of hydrogen-bond acceptors (Lipinski definition) is 5. The first-order valence-electron chi connectivity index (χ1n) is 6.71. The number of nitrogens with one attached hydrogen (secondary N) is 1. The lowest BCUT2D eigenvalue weighted by Gasteiger charge is -2.27. The first-order valence-corrected chi connectivity index (χ1v) is 8.53. The summed E-state index contributed by atoms with van der Waals surface area (Å²) >= 11 is 0. The molecule has 106 valence electrons. The fraction of sp³-hybridized carbons (Fsp3) is 0.615. The van der Waals surface area contributed by atoms with E-state index in [0.717, 1.165) is 30.9 Å². The normalized spacial score (nSPS) is 19.2. The number of sulfone groups is 1. The lowest BCUT2D eigenvalue weighted by atomic mass is 10.2. The van der Waals surface area contributed by atoms with E-state index in [1.807, 2.05) is 12.1 Å². The number of pyridine rings is 1. The van der Waals surface area contributed by atoms with E-state index in [-0.39, 0.29) is 11.5 Å². The highest BCUT2D eigenvalue weighted by atomic mass is 32.2. The predicted octanol–water partition coefficient (Wildman–Crippen LogP) is 1.13. The number of nitrogens with zero attached hydrogens (tertiary/aromatic N) is 2. The molecule has 0 radical (unpaired) electrons. The molecule has 1 saturated heterocycles. The highest BCUT2D eigenvalue weighted by Gasteiger charge is 2.22. The Balaban J connectivity index is 1.99. The maximum absolute atomic E-state index is 11.4. The lowest BCUT2D eigenvalue weighted by molar-refractivity contribution is 0.288. The molecule has 1 aliphatic heterocycles. The van der Waals surface area contributed by atoms with E-state index in [1.165, 1.54) is 0 Å². The van der Waals surface area contributed by atoms with Gasteiger partial charge in [0.25, 0.3) is 0 Å². The van der Waals surface area contributed by atoms with Gasteiger partial charge in [0.2, 0.25) is 0 Å². The minimum atomic E-state index is -2.81. The van der Waals surface area contributed by atoms with Crippen molar-refractivity contribution in [1.29, 1.82) is 0 Å². The van der Waals surface area contributed by atoms with Crippen molar-refractivity contribution in [3.8, 4) is 0 Å². The van der Waals surface area contributed by atoms with Gasteiger partial charge in [-0.1, -0.05) is 13.0 Å². The Morgan fingerprint density at radius 3 is 2.79 bits per heavy atom. The van der Waals surface area contributed by atoms with Gasteiger partial charge >= 0.3 is 0 Å². The maximum atomic E-state index is 11.4. The Kier molecular flexibility index (Phi) is 4.76. The van der Waals surface area contributed by atoms with Gasteiger partial charge in [0.1, 0.15) is 5.82 Å². The Bertz CT molecular complexity index is 502. The summed E-state index contributed by atoms with van der Waals surface area (Å²) in [7, 11) is -2.81. The van der Waals surface area contributed by atoms with Gasteiger partial charge in [0, 0.05) is 37.9 Å². The summed E-state index contributed by atoms with van der Waals surface area (Å²) < 4.78 is 22.8. The maximum Gasteiger partial charge on any atom is 0.152 e. The fourth-order valence-corrected chi connectivity index (χ4v) is 3.39. The van der Waals surface area contributed by atoms with Crippen LogP contribution in [-0.2, 0) is 16.4 Å². The van der Waals surface area contributed by atoms with E-state index in [9.17, 15) is 8.42 Å². The summed E-state index contributed by atoms with van der Waals surface area (Å²) in [5.41, 5.74) is 1.13. The van der Waals surface area contributed by atoms with Crippen LogP contribution in [0.4, 0.5) is 5.82 Å². The van der Waals surface area contributed by atoms with Crippen molar-refractivity contribution in [3.63, 3.8) is 0 Å². The first-order chi connectivity index (χ1) is 9.11. The van der Waals surface area contributed by atoms with E-state index in [4.69, 9.17) is 0 Å². The molecule has 1 aromatic heterocycles. The van der Waals surface area contributed by atoms with Gasteiger partial charge in [-0.05, 0) is 12.5 Å². The van der Waals surface area contributed by atoms with Gasteiger partial charge in [-0.25, -0.2) is 13.4 Å². The minimum absolute atomic E-state index is 0.269. The highest BCUT2D eigenvalue weighted by Crippen LogP contribution is 2.16. The smallest absolute Gasteiger partial charge is 0.152 e. The van der Waals surface area contributed by atoms with Crippen molar-refractivity contribution >= 4 is 15.7 Å². The predicted molar refractivity (Wildman–Crippen MR) is 76.9 cm³/mol. The Morgan fingerprint density at radius 1 is 1.37 bits per heavy atom. The van der Waals surface area contributed by atoms with Crippen molar-refractivity contribution < 1.29 is 8.42 Å². The van der Waals surface area contributed by atoms with Crippen molar-refractivity contribution in [2.24, 2.45) is 0 Å². The summed E-state index contributed by atoms with van der Waals surface area (Å²) in [6, 6.07) is 3.97. The van der Waals surface area contributed by atoms with Crippen LogP contribution >= 0.6 is 0 Å². The highest BCUT2D eigenvalue weighted by molar-refractivity contribution is 7.91. The van der Waals surface area contributed by atoms with Crippen LogP contribution in [0.25, 0.3) is 0 Å². The third-order valence-corrected chi connectivity index (χ3v) is 4.87. The third-order valence-electron chi connectivity index (χ3n) is 3.26. The third kappa shape index (κ3) is 4.18. The van der Waals surface area contributed by atoms with Crippen LogP contribution < -0.4 is 5.32 Å². The lowest BCUT2D eigenvalue weighted by Crippen LogP contribution is -2.39. The standard InChI is InChI=1S/C13H21N3O2S/c1-2-5-14-13-12(4-3-6-15-13)11-16-7-9-19(17,18)10-8-16/h3-4,6H,2,5,7-11H2,1H3,(H,14,15). The molecule has 2 rings (SSSR count). The summed E-state index contributed by atoms with van der Waals surface area (Å²) in [5, 5.41) is 3.31. The molecule has 0 atom stereocenters. The molecule has 0 amide bonds. The summed E-state index contributed by atoms with van der Waals surface area (Å²) in [4.78, 5) is 6.53. The number of rotatable bonds is 5. The molecule has 1 N–H and O–H groups in total. The average Bonchev–Trinajstić information content (AvgIpc) is 2.40. The van der Waals surface area contributed by atoms with Gasteiger partial charge in [0.05, 0.1) is 11.5 Å². The van der Waals surface area contributed by atoms with Crippen LogP contribution in [0.2, 0.25) is 0 Å². The molecule has 0 unspecified atom stereocenters. The van der Waals surface area contributed by atoms with Gasteiger partial charge < -0.3 is 5.32 Å². The SMILES string of the molecule is CCCNc1ncccc1CN1CCS(=O)(=O)CC1. The van der Waals surface area contributed by atoms with E-state index in [2.05, 4.69) is 22.1 Å². The van der Waals surface area contributed by atoms with Crippen LogP contribution in [0.3, 0.4) is 0 Å². The molecule has 0 saturated carbocycles. The molecule has 19 heavy (non-hydrogen) atoms. The minimum Gasteiger partial charge on any atom is -0.370 e. The molecular formula is C13H21N3O2S. The quantitative estimate of drug-likeness (QED) is 0.878. The molecule has 2 heterocycles. The number of anilines is 1. The molecule has 0 aromatic carbocycles. The molecule has 1 fully saturated rings. The Labute approximate surface area is 114 Å². The summed E-state index contributed by atoms with van der Waals surface area (Å²) in [6.45, 7) is 5.01. The molecular weight excluding hydrogens is 262 g/mol. The zero-order chi connectivity index (χ0) is 13.7. The van der Waals surface area contributed by atoms with Crippen molar-refractivity contribution in [2.45, 2.75) is 19.9 Å². The summed E-state index contributed by atoms with van der Waals surface area (Å²) in [5.74, 6) is 1.45. The van der Waals surface area contributed by atoms with Crippen LogP contribution in [0.5, 0.6) is 0 Å². The number of hydrogen-bond donors (Lipinski definition) is 1. The van der Waals surface area contributed by atoms with Crippen LogP contribution in [0.1, 0.15) is 18.9 Å². The Hall–Kier alpha value is -1.14. The second-order valence-electron chi connectivity index (χ2n) is 4.87. The van der Waals surface area contributed by atoms with Crippen molar-refractivity contribution in [3.05, 3.63) is 23.9 Å². The van der Waals surface area contributed by atoms with Crippen molar-refractivity contribution in [1.82, 2.24) is 9.88 Å². The monoisotopic (exact) mass is 283 g/mol. The van der Waals surface area contributed by atoms with Gasteiger partial charge in [-0.3, -0.25) is 4.90 Å². The molecule has 0 bridgehead atoms. The van der Waals surface area contributed by atoms with E-state index < -0.39 is 9.84 Å². The average molecular weight is 283 g/mol. The number of aromatic nitrogens is 1. The zero-order valence-corrected chi connectivity index (χ0v) is 12.1. The van der Waals surface area contributed by atoms with Gasteiger partial charge in [0.15, 0.2) is 9.84 Å². The molecule has 6 heteroatoms. The molecule has 1 aliphatic rings. The largest absolute Gasteiger partial charge is 0.370 e. The van der Waals surface area contributed by atoms with Crippen LogP contribution in [-0.4, -0.2) is 49.4 Å². The second-order valence-corrected chi connectivity index (χ2v) is 7.17. The topological polar surface area (TPSA) is 62.3 Å². The molecule has 1 aromatic rings. The fourth-order valence-electron chi connectivity index (χ4n) is 2.12. The molecule has 0 aliphatic carbocycles. The van der Waals surface area contributed by atoms with E-state index in [1.54, 1.807) is 6.20 Å².